The van der Waals surface area contributed by atoms with Crippen LogP contribution >= 0.6 is 0 Å². The number of pyridine rings is 2. The van der Waals surface area contributed by atoms with Crippen molar-refractivity contribution in [1.82, 2.24) is 19.8 Å². The Kier molecular flexibility index (Phi) is 12.1. The first-order valence-corrected chi connectivity index (χ1v) is 11.7. The highest BCUT2D eigenvalue weighted by molar-refractivity contribution is 5.95. The highest BCUT2D eigenvalue weighted by Crippen LogP contribution is 2.34. The van der Waals surface area contributed by atoms with Crippen molar-refractivity contribution in [2.24, 2.45) is 0 Å². The van der Waals surface area contributed by atoms with Crippen molar-refractivity contribution in [2.45, 2.75) is 79.3 Å². The van der Waals surface area contributed by atoms with Crippen LogP contribution in [0.15, 0.2) is 48.8 Å². The van der Waals surface area contributed by atoms with Crippen LogP contribution in [-0.4, -0.2) is 50.3 Å². The van der Waals surface area contributed by atoms with Crippen molar-refractivity contribution >= 4 is 11.8 Å². The van der Waals surface area contributed by atoms with Gasteiger partial charge in [0.2, 0.25) is 0 Å². The van der Waals surface area contributed by atoms with Gasteiger partial charge in [0.1, 0.15) is 11.4 Å². The second kappa shape index (κ2) is 14.3. The molecule has 2 aliphatic rings. The van der Waals surface area contributed by atoms with Crippen LogP contribution in [0.2, 0.25) is 0 Å². The van der Waals surface area contributed by atoms with Gasteiger partial charge in [-0.1, -0.05) is 66.5 Å². The summed E-state index contributed by atoms with van der Waals surface area (Å²) in [6, 6.07) is 10.8. The lowest BCUT2D eigenvalue weighted by atomic mass is 9.90. The summed E-state index contributed by atoms with van der Waals surface area (Å²) >= 11 is 0. The zero-order valence-corrected chi connectivity index (χ0v) is 19.9. The zero-order valence-electron chi connectivity index (χ0n) is 19.9. The van der Waals surface area contributed by atoms with E-state index in [4.69, 9.17) is 0 Å². The highest BCUT2D eigenvalue weighted by Gasteiger charge is 2.46. The Bertz CT molecular complexity index is 702. The number of amides is 2. The molecule has 31 heavy (non-hydrogen) atoms. The van der Waals surface area contributed by atoms with Gasteiger partial charge in [0.05, 0.1) is 18.8 Å². The molecule has 0 spiro atoms. The molecule has 0 radical (unpaired) electrons. The molecule has 2 aromatic rings. The van der Waals surface area contributed by atoms with Crippen LogP contribution < -0.4 is 0 Å². The standard InChI is InChI=1S/C19H20N4O2.3C2H6/c24-18(14-7-3-5-11-20-14)22-13-23(17-10-2-1-9-16(17)22)19(25)15-8-4-6-12-21-15;3*1-2/h3-8,11-12,16-17H,1-2,9-10,13H2;3*1-2H3. The van der Waals surface area contributed by atoms with Crippen molar-refractivity contribution in [1.29, 1.82) is 0 Å². The zero-order chi connectivity index (χ0) is 23.2. The lowest BCUT2D eigenvalue weighted by Crippen LogP contribution is -2.43. The number of fused-ring (bicyclic) bond motifs is 1. The monoisotopic (exact) mass is 426 g/mol. The number of nitrogens with zero attached hydrogens (tertiary/aromatic N) is 4. The van der Waals surface area contributed by atoms with E-state index in [1.807, 2.05) is 63.5 Å². The first kappa shape index (κ1) is 26.3. The highest BCUT2D eigenvalue weighted by atomic mass is 16.2. The molecule has 2 unspecified atom stereocenters. The average Bonchev–Trinajstić information content (AvgIpc) is 3.27. The summed E-state index contributed by atoms with van der Waals surface area (Å²) < 4.78 is 0. The molecule has 2 amide bonds. The van der Waals surface area contributed by atoms with Crippen LogP contribution in [0.5, 0.6) is 0 Å². The molecule has 2 fully saturated rings. The van der Waals surface area contributed by atoms with E-state index < -0.39 is 0 Å². The molecule has 2 atom stereocenters. The molecule has 0 aromatic carbocycles. The number of hydrogen-bond acceptors (Lipinski definition) is 4. The lowest BCUT2D eigenvalue weighted by Gasteiger charge is -2.31. The van der Waals surface area contributed by atoms with Gasteiger partial charge in [0.15, 0.2) is 0 Å². The van der Waals surface area contributed by atoms with Crippen LogP contribution in [0.4, 0.5) is 0 Å². The summed E-state index contributed by atoms with van der Waals surface area (Å²) in [5.74, 6) is -0.206. The maximum absolute atomic E-state index is 12.9. The number of carbonyl (C=O) groups is 2. The molecule has 1 saturated heterocycles. The van der Waals surface area contributed by atoms with Gasteiger partial charge >= 0.3 is 0 Å². The summed E-state index contributed by atoms with van der Waals surface area (Å²) in [7, 11) is 0. The topological polar surface area (TPSA) is 66.4 Å². The average molecular weight is 427 g/mol. The molecule has 0 bridgehead atoms. The Balaban J connectivity index is 0.000000739. The summed E-state index contributed by atoms with van der Waals surface area (Å²) in [4.78, 5) is 37.8. The quantitative estimate of drug-likeness (QED) is 0.643. The number of hydrogen-bond donors (Lipinski definition) is 0. The van der Waals surface area contributed by atoms with Gasteiger partial charge in [-0.05, 0) is 37.1 Å². The first-order chi connectivity index (χ1) is 15.3. The third-order valence-electron chi connectivity index (χ3n) is 5.09. The van der Waals surface area contributed by atoms with Crippen LogP contribution in [0.25, 0.3) is 0 Å². The van der Waals surface area contributed by atoms with Gasteiger partial charge in [-0.3, -0.25) is 19.6 Å². The van der Waals surface area contributed by atoms with Gasteiger partial charge in [-0.15, -0.1) is 0 Å². The predicted molar refractivity (Wildman–Crippen MR) is 126 cm³/mol. The van der Waals surface area contributed by atoms with Crippen LogP contribution in [0, 0.1) is 0 Å². The molecule has 6 nitrogen and oxygen atoms in total. The number of carbonyl (C=O) groups excluding carboxylic acids is 2. The van der Waals surface area contributed by atoms with Crippen LogP contribution in [-0.2, 0) is 0 Å². The molecule has 0 N–H and O–H groups in total. The van der Waals surface area contributed by atoms with E-state index in [0.29, 0.717) is 18.1 Å². The summed E-state index contributed by atoms with van der Waals surface area (Å²) in [5.41, 5.74) is 0.859. The van der Waals surface area contributed by atoms with Gasteiger partial charge in [-0.2, -0.15) is 0 Å². The Labute approximate surface area is 187 Å². The maximum atomic E-state index is 12.9. The van der Waals surface area contributed by atoms with E-state index in [1.165, 1.54) is 0 Å². The van der Waals surface area contributed by atoms with Gasteiger partial charge in [-0.25, -0.2) is 0 Å². The largest absolute Gasteiger partial charge is 0.314 e. The van der Waals surface area contributed by atoms with E-state index in [0.717, 1.165) is 25.7 Å². The minimum absolute atomic E-state index is 0.0657. The predicted octanol–water partition coefficient (Wildman–Crippen LogP) is 5.42. The van der Waals surface area contributed by atoms with Crippen molar-refractivity contribution in [2.75, 3.05) is 6.67 Å². The molecule has 6 heteroatoms. The SMILES string of the molecule is CC.CC.CC.O=C(c1ccccn1)N1CN(C(=O)c2ccccn2)C2CCCCC21. The lowest BCUT2D eigenvalue weighted by molar-refractivity contribution is 0.0664. The van der Waals surface area contributed by atoms with Crippen molar-refractivity contribution in [3.63, 3.8) is 0 Å². The summed E-state index contributed by atoms with van der Waals surface area (Å²) in [6.45, 7) is 12.3. The minimum Gasteiger partial charge on any atom is -0.314 e. The van der Waals surface area contributed by atoms with E-state index in [1.54, 1.807) is 36.7 Å². The molecule has 1 aliphatic heterocycles. The third-order valence-corrected chi connectivity index (χ3v) is 5.09. The second-order valence-electron chi connectivity index (χ2n) is 6.54. The van der Waals surface area contributed by atoms with Gasteiger partial charge < -0.3 is 9.80 Å². The summed E-state index contributed by atoms with van der Waals surface area (Å²) in [5, 5.41) is 0. The Morgan fingerprint density at radius 3 is 1.42 bits per heavy atom. The van der Waals surface area contributed by atoms with E-state index >= 15 is 0 Å². The minimum atomic E-state index is -0.103. The smallest absolute Gasteiger partial charge is 0.274 e. The fourth-order valence-electron chi connectivity index (χ4n) is 3.90. The number of aromatic nitrogens is 2. The van der Waals surface area contributed by atoms with Crippen molar-refractivity contribution in [3.8, 4) is 0 Å². The molecule has 4 rings (SSSR count). The molecule has 2 aromatic heterocycles. The van der Waals surface area contributed by atoms with Gasteiger partial charge in [0.25, 0.3) is 11.8 Å². The fraction of sp³-hybridized carbons (Fsp3) is 0.520. The van der Waals surface area contributed by atoms with Crippen LogP contribution in [0.1, 0.15) is 88.2 Å². The Morgan fingerprint density at radius 2 is 1.10 bits per heavy atom. The van der Waals surface area contributed by atoms with Gasteiger partial charge in [0, 0.05) is 12.4 Å². The van der Waals surface area contributed by atoms with Crippen molar-refractivity contribution in [3.05, 3.63) is 60.2 Å². The number of rotatable bonds is 2. The van der Waals surface area contributed by atoms with E-state index in [-0.39, 0.29) is 23.9 Å². The fourth-order valence-corrected chi connectivity index (χ4v) is 3.90. The molecule has 1 aliphatic carbocycles. The molecular weight excluding hydrogens is 388 g/mol. The van der Waals surface area contributed by atoms with Crippen LogP contribution in [0.3, 0.4) is 0 Å². The second-order valence-corrected chi connectivity index (χ2v) is 6.54. The third kappa shape index (κ3) is 6.36. The van der Waals surface area contributed by atoms with Crippen molar-refractivity contribution < 1.29 is 9.59 Å². The normalized spacial score (nSPS) is 18.8. The molecule has 170 valence electrons. The Morgan fingerprint density at radius 1 is 0.710 bits per heavy atom. The van der Waals surface area contributed by atoms with E-state index in [2.05, 4.69) is 9.97 Å². The molecule has 1 saturated carbocycles. The van der Waals surface area contributed by atoms with E-state index in [9.17, 15) is 9.59 Å². The molecule has 3 heterocycles. The Hall–Kier alpha value is -2.76. The molecular formula is C25H38N4O2. The summed E-state index contributed by atoms with van der Waals surface area (Å²) in [6.07, 6.45) is 7.26. The maximum Gasteiger partial charge on any atom is 0.274 e. The first-order valence-electron chi connectivity index (χ1n) is 11.7.